The molecule has 1 amide bonds. The van der Waals surface area contributed by atoms with Gasteiger partial charge in [0.05, 0.1) is 11.3 Å². The number of halogens is 5. The van der Waals surface area contributed by atoms with Crippen molar-refractivity contribution in [2.75, 3.05) is 5.32 Å². The number of amides is 1. The van der Waals surface area contributed by atoms with E-state index in [1.54, 1.807) is 6.92 Å². The van der Waals surface area contributed by atoms with Crippen molar-refractivity contribution in [3.63, 3.8) is 0 Å². The fraction of sp³-hybridized carbons (Fsp3) is 0.158. The minimum absolute atomic E-state index is 0.151. The maximum Gasteiger partial charge on any atom is 0.416 e. The van der Waals surface area contributed by atoms with Gasteiger partial charge in [0.15, 0.2) is 5.13 Å². The third-order valence-electron chi connectivity index (χ3n) is 3.94. The molecule has 0 unspecified atom stereocenters. The maximum atomic E-state index is 13.0. The maximum absolute atomic E-state index is 13.0. The summed E-state index contributed by atoms with van der Waals surface area (Å²) in [5, 5.41) is 3.12. The molecule has 9 heteroatoms. The first kappa shape index (κ1) is 20.3. The summed E-state index contributed by atoms with van der Waals surface area (Å²) in [6.07, 6.45) is -4.31. The molecule has 2 aromatic carbocycles. The Morgan fingerprint density at radius 2 is 1.86 bits per heavy atom. The summed E-state index contributed by atoms with van der Waals surface area (Å²) >= 11 is 7.19. The molecule has 0 atom stereocenters. The largest absolute Gasteiger partial charge is 0.416 e. The molecule has 0 saturated heterocycles. The van der Waals surface area contributed by atoms with Crippen molar-refractivity contribution >= 4 is 34.0 Å². The first-order chi connectivity index (χ1) is 13.1. The Balaban J connectivity index is 1.79. The number of benzene rings is 2. The Labute approximate surface area is 167 Å². The number of alkyl halides is 3. The highest BCUT2D eigenvalue weighted by Crippen LogP contribution is 2.34. The highest BCUT2D eigenvalue weighted by molar-refractivity contribution is 7.15. The number of carbonyl (C=O) groups is 1. The Hall–Kier alpha value is -2.45. The minimum atomic E-state index is -4.46. The molecule has 28 heavy (non-hydrogen) atoms. The fourth-order valence-electron chi connectivity index (χ4n) is 2.48. The summed E-state index contributed by atoms with van der Waals surface area (Å²) in [7, 11) is 0. The lowest BCUT2D eigenvalue weighted by atomic mass is 10.1. The van der Waals surface area contributed by atoms with Crippen LogP contribution in [0.15, 0.2) is 42.5 Å². The zero-order valence-corrected chi connectivity index (χ0v) is 16.0. The van der Waals surface area contributed by atoms with E-state index in [1.165, 1.54) is 30.3 Å². The van der Waals surface area contributed by atoms with E-state index in [0.717, 1.165) is 23.5 Å². The first-order valence-electron chi connectivity index (χ1n) is 8.02. The van der Waals surface area contributed by atoms with Crippen LogP contribution in [0.2, 0.25) is 5.02 Å². The van der Waals surface area contributed by atoms with Gasteiger partial charge in [-0.3, -0.25) is 10.1 Å². The lowest BCUT2D eigenvalue weighted by molar-refractivity contribution is -0.137. The van der Waals surface area contributed by atoms with Crippen molar-refractivity contribution in [1.82, 2.24) is 4.98 Å². The van der Waals surface area contributed by atoms with Gasteiger partial charge in [0.25, 0.3) is 5.91 Å². The first-order valence-corrected chi connectivity index (χ1v) is 9.22. The predicted octanol–water partition coefficient (Wildman–Crippen LogP) is 6.11. The van der Waals surface area contributed by atoms with E-state index in [4.69, 9.17) is 11.6 Å². The molecule has 3 aromatic rings. The zero-order valence-electron chi connectivity index (χ0n) is 14.4. The van der Waals surface area contributed by atoms with Crippen molar-refractivity contribution in [2.45, 2.75) is 19.5 Å². The van der Waals surface area contributed by atoms with Crippen molar-refractivity contribution < 1.29 is 22.4 Å². The van der Waals surface area contributed by atoms with Gasteiger partial charge in [-0.2, -0.15) is 13.2 Å². The van der Waals surface area contributed by atoms with Crippen molar-refractivity contribution in [1.29, 1.82) is 0 Å². The molecule has 1 heterocycles. The standard InChI is InChI=1S/C19H13ClF4N2OS/c1-10-16(9-12-8-13(19(22,23)24)4-7-15(12)20)28-18(25-10)26-17(27)11-2-5-14(21)6-3-11/h2-8H,9H2,1H3,(H,25,26,27). The number of nitrogens with one attached hydrogen (secondary N) is 1. The van der Waals surface area contributed by atoms with E-state index in [2.05, 4.69) is 10.3 Å². The number of hydrogen-bond acceptors (Lipinski definition) is 3. The molecule has 3 nitrogen and oxygen atoms in total. The van der Waals surface area contributed by atoms with Gasteiger partial charge in [-0.1, -0.05) is 11.6 Å². The van der Waals surface area contributed by atoms with Gasteiger partial charge >= 0.3 is 6.18 Å². The van der Waals surface area contributed by atoms with Crippen LogP contribution >= 0.6 is 22.9 Å². The van der Waals surface area contributed by atoms with Crippen LogP contribution in [0, 0.1) is 12.7 Å². The summed E-state index contributed by atoms with van der Waals surface area (Å²) in [6.45, 7) is 1.70. The number of rotatable bonds is 4. The van der Waals surface area contributed by atoms with Gasteiger partial charge in [0.2, 0.25) is 0 Å². The summed E-state index contributed by atoms with van der Waals surface area (Å²) < 4.78 is 51.7. The van der Waals surface area contributed by atoms with Gasteiger partial charge in [0.1, 0.15) is 5.82 Å². The SMILES string of the molecule is Cc1nc(NC(=O)c2ccc(F)cc2)sc1Cc1cc(C(F)(F)F)ccc1Cl. The van der Waals surface area contributed by atoms with Crippen molar-refractivity contribution in [2.24, 2.45) is 0 Å². The van der Waals surface area contributed by atoms with Crippen molar-refractivity contribution in [3.05, 3.63) is 80.6 Å². The van der Waals surface area contributed by atoms with Crippen LogP contribution in [-0.2, 0) is 12.6 Å². The van der Waals surface area contributed by atoms with Crippen LogP contribution in [0.1, 0.15) is 32.1 Å². The number of aryl methyl sites for hydroxylation is 1. The minimum Gasteiger partial charge on any atom is -0.298 e. The molecule has 1 aromatic heterocycles. The topological polar surface area (TPSA) is 42.0 Å². The van der Waals surface area contributed by atoms with Gasteiger partial charge < -0.3 is 0 Å². The molecule has 0 aliphatic carbocycles. The second-order valence-electron chi connectivity index (χ2n) is 5.97. The van der Waals surface area contributed by atoms with Crippen LogP contribution in [0.5, 0.6) is 0 Å². The molecule has 0 saturated carbocycles. The summed E-state index contributed by atoms with van der Waals surface area (Å²) in [5.74, 6) is -0.917. The molecule has 0 aliphatic rings. The third kappa shape index (κ3) is 4.69. The number of anilines is 1. The Kier molecular flexibility index (Phi) is 5.71. The molecular formula is C19H13ClF4N2OS. The lowest BCUT2D eigenvalue weighted by Gasteiger charge is -2.10. The van der Waals surface area contributed by atoms with E-state index >= 15 is 0 Å². The molecule has 146 valence electrons. The van der Waals surface area contributed by atoms with Gasteiger partial charge in [0, 0.05) is 21.9 Å². The van der Waals surface area contributed by atoms with Crippen LogP contribution in [-0.4, -0.2) is 10.9 Å². The summed E-state index contributed by atoms with van der Waals surface area (Å²) in [4.78, 5) is 17.1. The van der Waals surface area contributed by atoms with E-state index in [1.807, 2.05) is 0 Å². The normalized spacial score (nSPS) is 11.5. The molecule has 0 bridgehead atoms. The fourth-order valence-corrected chi connectivity index (χ4v) is 3.64. The average molecular weight is 429 g/mol. The van der Waals surface area contributed by atoms with E-state index in [9.17, 15) is 22.4 Å². The van der Waals surface area contributed by atoms with Crippen molar-refractivity contribution in [3.8, 4) is 0 Å². The molecule has 3 rings (SSSR count). The molecule has 0 aliphatic heterocycles. The van der Waals surface area contributed by atoms with Crippen LogP contribution in [0.3, 0.4) is 0 Å². The number of nitrogens with zero attached hydrogens (tertiary/aromatic N) is 1. The van der Waals surface area contributed by atoms with Gasteiger partial charge in [-0.15, -0.1) is 11.3 Å². The van der Waals surface area contributed by atoms with E-state index < -0.39 is 23.5 Å². The Morgan fingerprint density at radius 3 is 2.50 bits per heavy atom. The Morgan fingerprint density at radius 1 is 1.18 bits per heavy atom. The van der Waals surface area contributed by atoms with Crippen LogP contribution < -0.4 is 5.32 Å². The average Bonchev–Trinajstić information content (AvgIpc) is 2.95. The highest BCUT2D eigenvalue weighted by atomic mass is 35.5. The van der Waals surface area contributed by atoms with Crippen LogP contribution in [0.25, 0.3) is 0 Å². The van der Waals surface area contributed by atoms with Gasteiger partial charge in [-0.25, -0.2) is 9.37 Å². The number of thiazole rings is 1. The molecule has 0 spiro atoms. The number of aromatic nitrogens is 1. The lowest BCUT2D eigenvalue weighted by Crippen LogP contribution is -2.11. The second-order valence-corrected chi connectivity index (χ2v) is 7.46. The molecule has 0 fully saturated rings. The predicted molar refractivity (Wildman–Crippen MR) is 100 cm³/mol. The highest BCUT2D eigenvalue weighted by Gasteiger charge is 2.31. The second kappa shape index (κ2) is 7.89. The van der Waals surface area contributed by atoms with Gasteiger partial charge in [-0.05, 0) is 55.0 Å². The molecule has 1 N–H and O–H groups in total. The quantitative estimate of drug-likeness (QED) is 0.510. The monoisotopic (exact) mass is 428 g/mol. The zero-order chi connectivity index (χ0) is 20.5. The smallest absolute Gasteiger partial charge is 0.298 e. The summed E-state index contributed by atoms with van der Waals surface area (Å²) in [6, 6.07) is 8.18. The third-order valence-corrected chi connectivity index (χ3v) is 5.39. The molecule has 0 radical (unpaired) electrons. The van der Waals surface area contributed by atoms with E-state index in [-0.39, 0.29) is 17.0 Å². The molecular weight excluding hydrogens is 416 g/mol. The van der Waals surface area contributed by atoms with E-state index in [0.29, 0.717) is 21.3 Å². The Bertz CT molecular complexity index is 1020. The summed E-state index contributed by atoms with van der Waals surface area (Å²) in [5.41, 5.74) is 0.378. The number of hydrogen-bond donors (Lipinski definition) is 1. The number of carbonyl (C=O) groups excluding carboxylic acids is 1. The van der Waals surface area contributed by atoms with Crippen LogP contribution in [0.4, 0.5) is 22.7 Å².